The molecule has 3 heteroatoms. The smallest absolute Gasteiger partial charge is 0.151 e. The Balaban J connectivity index is 1.84. The molecule has 0 aliphatic heterocycles. The van der Waals surface area contributed by atoms with E-state index < -0.39 is 0 Å². The van der Waals surface area contributed by atoms with E-state index in [1.807, 2.05) is 17.8 Å². The molecule has 1 heterocycles. The molecule has 1 aromatic heterocycles. The molecule has 1 nitrogen and oxygen atoms in total. The quantitative estimate of drug-likeness (QED) is 0.473. The van der Waals surface area contributed by atoms with Crippen LogP contribution in [-0.2, 0) is 0 Å². The van der Waals surface area contributed by atoms with Crippen molar-refractivity contribution in [3.8, 4) is 0 Å². The Kier molecular flexibility index (Phi) is 5.86. The van der Waals surface area contributed by atoms with Gasteiger partial charge >= 0.3 is 0 Å². The first-order valence-corrected chi connectivity index (χ1v) is 8.73. The van der Waals surface area contributed by atoms with Crippen LogP contribution in [-0.4, -0.2) is 10.7 Å². The van der Waals surface area contributed by atoms with Gasteiger partial charge in [-0.1, -0.05) is 47.2 Å². The van der Waals surface area contributed by atoms with Crippen molar-refractivity contribution >= 4 is 33.3 Å². The largest absolute Gasteiger partial charge is 0.230 e. The van der Waals surface area contributed by atoms with Crippen LogP contribution in [0.5, 0.6) is 0 Å². The summed E-state index contributed by atoms with van der Waals surface area (Å²) in [5, 5.41) is 0. The number of hydrogen-bond acceptors (Lipinski definition) is 3. The van der Waals surface area contributed by atoms with Gasteiger partial charge in [0.2, 0.25) is 0 Å². The molecule has 0 spiro atoms. The third-order valence-electron chi connectivity index (χ3n) is 3.00. The highest BCUT2D eigenvalue weighted by atomic mass is 32.2. The molecule has 0 aliphatic rings. The Labute approximate surface area is 129 Å². The maximum atomic E-state index is 4.64. The maximum Gasteiger partial charge on any atom is 0.151 e. The Bertz CT molecular complexity index is 586. The summed E-state index contributed by atoms with van der Waals surface area (Å²) >= 11 is 3.61. The van der Waals surface area contributed by atoms with Crippen LogP contribution >= 0.6 is 23.1 Å². The van der Waals surface area contributed by atoms with Gasteiger partial charge in [-0.3, -0.25) is 0 Å². The summed E-state index contributed by atoms with van der Waals surface area (Å²) in [5.41, 5.74) is 3.99. The summed E-state index contributed by atoms with van der Waals surface area (Å²) in [5.74, 6) is 1.01. The first-order valence-electron chi connectivity index (χ1n) is 6.92. The predicted octanol–water partition coefficient (Wildman–Crippen LogP) is 6.08. The van der Waals surface area contributed by atoms with Crippen LogP contribution in [0.4, 0.5) is 0 Å². The molecule has 0 atom stereocenters. The molecule has 1 aromatic carbocycles. The van der Waals surface area contributed by atoms with Gasteiger partial charge in [-0.05, 0) is 45.7 Å². The SMILES string of the molecule is CC(C)=CCC/C(C)=C/CSc1nc2ccccc2s1. The lowest BCUT2D eigenvalue weighted by Gasteiger charge is -1.98. The zero-order valence-corrected chi connectivity index (χ0v) is 14.0. The van der Waals surface area contributed by atoms with E-state index in [2.05, 4.69) is 56.1 Å². The van der Waals surface area contributed by atoms with Crippen LogP contribution in [0.2, 0.25) is 0 Å². The average Bonchev–Trinajstić information content (AvgIpc) is 2.80. The molecule has 0 bridgehead atoms. The van der Waals surface area contributed by atoms with Gasteiger partial charge < -0.3 is 0 Å². The lowest BCUT2D eigenvalue weighted by atomic mass is 10.1. The van der Waals surface area contributed by atoms with Gasteiger partial charge in [-0.25, -0.2) is 4.98 Å². The molecule has 0 unspecified atom stereocenters. The van der Waals surface area contributed by atoms with E-state index in [0.717, 1.165) is 24.1 Å². The fraction of sp³-hybridized carbons (Fsp3) is 0.353. The highest BCUT2D eigenvalue weighted by molar-refractivity contribution is 8.01. The Hall–Kier alpha value is -1.06. The molecule has 0 N–H and O–H groups in total. The second-order valence-corrected chi connectivity index (χ2v) is 7.43. The number of nitrogens with zero attached hydrogens (tertiary/aromatic N) is 1. The molecule has 2 aromatic rings. The summed E-state index contributed by atoms with van der Waals surface area (Å²) in [6.45, 7) is 6.53. The summed E-state index contributed by atoms with van der Waals surface area (Å²) in [6.07, 6.45) is 6.94. The van der Waals surface area contributed by atoms with E-state index in [-0.39, 0.29) is 0 Å². The minimum Gasteiger partial charge on any atom is -0.230 e. The fourth-order valence-corrected chi connectivity index (χ4v) is 3.94. The fourth-order valence-electron chi connectivity index (χ4n) is 1.86. The van der Waals surface area contributed by atoms with Crippen LogP contribution in [0.25, 0.3) is 10.2 Å². The van der Waals surface area contributed by atoms with Crippen LogP contribution < -0.4 is 0 Å². The van der Waals surface area contributed by atoms with Gasteiger partial charge in [0.15, 0.2) is 4.34 Å². The van der Waals surface area contributed by atoms with E-state index in [4.69, 9.17) is 0 Å². The molecule has 0 saturated heterocycles. The molecule has 0 radical (unpaired) electrons. The molecular formula is C17H21NS2. The van der Waals surface area contributed by atoms with Gasteiger partial charge in [0.1, 0.15) is 0 Å². The van der Waals surface area contributed by atoms with E-state index in [9.17, 15) is 0 Å². The Morgan fingerprint density at radius 3 is 2.75 bits per heavy atom. The zero-order chi connectivity index (χ0) is 14.4. The highest BCUT2D eigenvalue weighted by Crippen LogP contribution is 2.29. The third kappa shape index (κ3) is 4.80. The number of aromatic nitrogens is 1. The van der Waals surface area contributed by atoms with Crippen LogP contribution in [0.3, 0.4) is 0 Å². The number of thiazole rings is 1. The normalized spacial score (nSPS) is 11.8. The number of hydrogen-bond donors (Lipinski definition) is 0. The van der Waals surface area contributed by atoms with E-state index in [0.29, 0.717) is 0 Å². The van der Waals surface area contributed by atoms with Gasteiger partial charge in [-0.15, -0.1) is 11.3 Å². The third-order valence-corrected chi connectivity index (χ3v) is 5.11. The number of benzene rings is 1. The number of fused-ring (bicyclic) bond motifs is 1. The zero-order valence-electron chi connectivity index (χ0n) is 12.3. The van der Waals surface area contributed by atoms with Gasteiger partial charge in [0.25, 0.3) is 0 Å². The molecule has 0 saturated carbocycles. The summed E-state index contributed by atoms with van der Waals surface area (Å²) < 4.78 is 2.44. The highest BCUT2D eigenvalue weighted by Gasteiger charge is 2.02. The first kappa shape index (κ1) is 15.3. The topological polar surface area (TPSA) is 12.9 Å². The van der Waals surface area contributed by atoms with Crippen molar-refractivity contribution in [3.63, 3.8) is 0 Å². The average molecular weight is 303 g/mol. The molecule has 106 valence electrons. The van der Waals surface area contributed by atoms with Gasteiger partial charge in [-0.2, -0.15) is 0 Å². The molecule has 2 rings (SSSR count). The number of allylic oxidation sites excluding steroid dienone is 3. The monoisotopic (exact) mass is 303 g/mol. The predicted molar refractivity (Wildman–Crippen MR) is 92.8 cm³/mol. The number of para-hydroxylation sites is 1. The van der Waals surface area contributed by atoms with Crippen molar-refractivity contribution in [3.05, 3.63) is 47.6 Å². The van der Waals surface area contributed by atoms with Gasteiger partial charge in [0, 0.05) is 5.75 Å². The lowest BCUT2D eigenvalue weighted by molar-refractivity contribution is 0.964. The van der Waals surface area contributed by atoms with E-state index in [1.165, 1.54) is 20.2 Å². The van der Waals surface area contributed by atoms with Crippen molar-refractivity contribution in [1.29, 1.82) is 0 Å². The summed E-state index contributed by atoms with van der Waals surface area (Å²) in [7, 11) is 0. The number of thioether (sulfide) groups is 1. The molecular weight excluding hydrogens is 282 g/mol. The van der Waals surface area contributed by atoms with Gasteiger partial charge in [0.05, 0.1) is 10.2 Å². The van der Waals surface area contributed by atoms with Crippen molar-refractivity contribution in [2.75, 3.05) is 5.75 Å². The summed E-state index contributed by atoms with van der Waals surface area (Å²) in [6, 6.07) is 8.33. The molecule has 0 aliphatic carbocycles. The molecule has 20 heavy (non-hydrogen) atoms. The molecule has 0 amide bonds. The van der Waals surface area contributed by atoms with Crippen LogP contribution in [0.1, 0.15) is 33.6 Å². The first-order chi connectivity index (χ1) is 9.65. The Morgan fingerprint density at radius 2 is 2.00 bits per heavy atom. The van der Waals surface area contributed by atoms with Crippen LogP contribution in [0.15, 0.2) is 51.9 Å². The maximum absolute atomic E-state index is 4.64. The van der Waals surface area contributed by atoms with Crippen molar-refractivity contribution in [1.82, 2.24) is 4.98 Å². The molecule has 0 fully saturated rings. The van der Waals surface area contributed by atoms with Crippen LogP contribution in [0, 0.1) is 0 Å². The number of rotatable bonds is 6. The van der Waals surface area contributed by atoms with Crippen molar-refractivity contribution in [2.24, 2.45) is 0 Å². The van der Waals surface area contributed by atoms with E-state index in [1.54, 1.807) is 11.3 Å². The second kappa shape index (κ2) is 7.65. The second-order valence-electron chi connectivity index (χ2n) is 5.13. The lowest BCUT2D eigenvalue weighted by Crippen LogP contribution is -1.80. The van der Waals surface area contributed by atoms with Crippen molar-refractivity contribution < 1.29 is 0 Å². The minimum absolute atomic E-state index is 1.01. The van der Waals surface area contributed by atoms with Crippen molar-refractivity contribution in [2.45, 2.75) is 38.0 Å². The minimum atomic E-state index is 1.01. The summed E-state index contributed by atoms with van der Waals surface area (Å²) in [4.78, 5) is 4.64. The standard InChI is InChI=1S/C17H21NS2/c1-13(2)7-6-8-14(3)11-12-19-17-18-15-9-4-5-10-16(15)20-17/h4-5,7,9-11H,6,8,12H2,1-3H3/b14-11+. The van der Waals surface area contributed by atoms with E-state index >= 15 is 0 Å². The Morgan fingerprint density at radius 1 is 1.20 bits per heavy atom.